The molecule has 5 nitrogen and oxygen atoms in total. The average molecular weight is 323 g/mol. The molecule has 0 spiro atoms. The van der Waals surface area contributed by atoms with Crippen LogP contribution in [0.1, 0.15) is 30.3 Å². The maximum absolute atomic E-state index is 12.8. The van der Waals surface area contributed by atoms with Gasteiger partial charge in [0.15, 0.2) is 0 Å². The summed E-state index contributed by atoms with van der Waals surface area (Å²) in [6, 6.07) is 10.7. The predicted octanol–water partition coefficient (Wildman–Crippen LogP) is 2.59. The van der Waals surface area contributed by atoms with Crippen molar-refractivity contribution in [3.05, 3.63) is 64.1 Å². The number of para-hydroxylation sites is 1. The molecule has 1 aromatic carbocycles. The van der Waals surface area contributed by atoms with E-state index in [0.717, 1.165) is 31.6 Å². The van der Waals surface area contributed by atoms with Gasteiger partial charge in [-0.2, -0.15) is 0 Å². The molecule has 1 aromatic heterocycles. The molecule has 0 bridgehead atoms. The number of aromatic nitrogens is 2. The van der Waals surface area contributed by atoms with Gasteiger partial charge < -0.3 is 4.90 Å². The van der Waals surface area contributed by atoms with E-state index < -0.39 is 0 Å². The van der Waals surface area contributed by atoms with Crippen LogP contribution in [-0.4, -0.2) is 33.7 Å². The van der Waals surface area contributed by atoms with E-state index in [4.69, 9.17) is 0 Å². The maximum Gasteiger partial charge on any atom is 0.271 e. The lowest BCUT2D eigenvalue weighted by molar-refractivity contribution is 0.0778. The molecule has 2 aliphatic rings. The highest BCUT2D eigenvalue weighted by Crippen LogP contribution is 2.36. The molecule has 24 heavy (non-hydrogen) atoms. The van der Waals surface area contributed by atoms with E-state index in [2.05, 4.69) is 18.1 Å². The number of nitrogens with zero attached hydrogens (tertiary/aromatic N) is 2. The van der Waals surface area contributed by atoms with E-state index in [0.29, 0.717) is 17.5 Å². The second-order valence-corrected chi connectivity index (χ2v) is 6.90. The molecule has 4 rings (SSSR count). The topological polar surface area (TPSA) is 58.1 Å². The quantitative estimate of drug-likeness (QED) is 0.864. The minimum absolute atomic E-state index is 0.0752. The van der Waals surface area contributed by atoms with Crippen molar-refractivity contribution in [2.75, 3.05) is 13.1 Å². The second-order valence-electron chi connectivity index (χ2n) is 6.90. The Morgan fingerprint density at radius 3 is 2.71 bits per heavy atom. The Bertz CT molecular complexity index is 847. The molecule has 2 heterocycles. The van der Waals surface area contributed by atoms with E-state index >= 15 is 0 Å². The molecule has 5 heteroatoms. The standard InChI is InChI=1S/C19H21N3O2/c1-13-7-8-14-11-21(12-15(14)9-13)19(24)17-10-18(23)22(20-17)16-5-3-2-4-6-16/h2-7,10,14-15,20H,8-9,11-12H2,1H3/t14-,15+/m0/s1. The molecule has 2 aromatic rings. The second kappa shape index (κ2) is 5.82. The zero-order valence-corrected chi connectivity index (χ0v) is 13.7. The van der Waals surface area contributed by atoms with Crippen molar-refractivity contribution < 1.29 is 4.79 Å². The molecule has 0 radical (unpaired) electrons. The number of allylic oxidation sites excluding steroid dienone is 2. The highest BCUT2D eigenvalue weighted by Gasteiger charge is 2.37. The Labute approximate surface area is 140 Å². The molecule has 1 N–H and O–H groups in total. The van der Waals surface area contributed by atoms with Gasteiger partial charge in [0, 0.05) is 19.2 Å². The van der Waals surface area contributed by atoms with Crippen molar-refractivity contribution in [2.45, 2.75) is 19.8 Å². The SMILES string of the molecule is CC1=CC[C@H]2CN(C(=O)c3cc(=O)n(-c4ccccc4)[nH]3)C[C@H]2C1. The maximum atomic E-state index is 12.8. The molecule has 1 saturated heterocycles. The summed E-state index contributed by atoms with van der Waals surface area (Å²) in [6.45, 7) is 3.73. The monoisotopic (exact) mass is 323 g/mol. The normalized spacial score (nSPS) is 23.0. The highest BCUT2D eigenvalue weighted by atomic mass is 16.2. The van der Waals surface area contributed by atoms with E-state index in [1.807, 2.05) is 35.2 Å². The molecule has 1 amide bonds. The van der Waals surface area contributed by atoms with Crippen molar-refractivity contribution in [3.63, 3.8) is 0 Å². The number of benzene rings is 1. The van der Waals surface area contributed by atoms with Crippen LogP contribution in [0.5, 0.6) is 0 Å². The number of nitrogens with one attached hydrogen (secondary N) is 1. The first-order valence-corrected chi connectivity index (χ1v) is 8.44. The minimum atomic E-state index is -0.210. The Morgan fingerprint density at radius 1 is 1.17 bits per heavy atom. The van der Waals surface area contributed by atoms with Crippen LogP contribution in [0.4, 0.5) is 0 Å². The van der Waals surface area contributed by atoms with Gasteiger partial charge in [0.1, 0.15) is 5.69 Å². The van der Waals surface area contributed by atoms with Crippen LogP contribution in [0.2, 0.25) is 0 Å². The molecular weight excluding hydrogens is 302 g/mol. The first-order valence-electron chi connectivity index (χ1n) is 8.44. The Balaban J connectivity index is 1.55. The zero-order valence-electron chi connectivity index (χ0n) is 13.7. The minimum Gasteiger partial charge on any atom is -0.337 e. The van der Waals surface area contributed by atoms with Crippen LogP contribution in [-0.2, 0) is 0 Å². The lowest BCUT2D eigenvalue weighted by Gasteiger charge is -2.21. The van der Waals surface area contributed by atoms with Crippen LogP contribution in [0.15, 0.2) is 52.8 Å². The fraction of sp³-hybridized carbons (Fsp3) is 0.368. The third-order valence-electron chi connectivity index (χ3n) is 5.18. The summed E-state index contributed by atoms with van der Waals surface area (Å²) in [5, 5.41) is 2.96. The van der Waals surface area contributed by atoms with Crippen molar-refractivity contribution in [1.82, 2.24) is 14.7 Å². The average Bonchev–Trinajstić information content (AvgIpc) is 3.18. The summed E-state index contributed by atoms with van der Waals surface area (Å²) in [5.74, 6) is 1.04. The number of rotatable bonds is 2. The van der Waals surface area contributed by atoms with Gasteiger partial charge in [-0.15, -0.1) is 0 Å². The summed E-state index contributed by atoms with van der Waals surface area (Å²) < 4.78 is 1.42. The largest absolute Gasteiger partial charge is 0.337 e. The molecule has 2 atom stereocenters. The predicted molar refractivity (Wildman–Crippen MR) is 92.3 cm³/mol. The Morgan fingerprint density at radius 2 is 1.92 bits per heavy atom. The van der Waals surface area contributed by atoms with Crippen LogP contribution >= 0.6 is 0 Å². The Kier molecular flexibility index (Phi) is 3.63. The van der Waals surface area contributed by atoms with Gasteiger partial charge in [-0.1, -0.05) is 29.8 Å². The van der Waals surface area contributed by atoms with Gasteiger partial charge in [0.25, 0.3) is 11.5 Å². The lowest BCUT2D eigenvalue weighted by Crippen LogP contribution is -2.29. The molecule has 124 valence electrons. The summed E-state index contributed by atoms with van der Waals surface area (Å²) in [7, 11) is 0. The van der Waals surface area contributed by atoms with E-state index in [1.54, 1.807) is 0 Å². The van der Waals surface area contributed by atoms with Gasteiger partial charge in [-0.05, 0) is 43.7 Å². The van der Waals surface area contributed by atoms with Crippen LogP contribution in [0.3, 0.4) is 0 Å². The number of hydrogen-bond donors (Lipinski definition) is 1. The first kappa shape index (κ1) is 15.0. The highest BCUT2D eigenvalue weighted by molar-refractivity contribution is 5.92. The van der Waals surface area contributed by atoms with Crippen molar-refractivity contribution in [2.24, 2.45) is 11.8 Å². The van der Waals surface area contributed by atoms with Gasteiger partial charge in [0.2, 0.25) is 0 Å². The van der Waals surface area contributed by atoms with Crippen molar-refractivity contribution in [3.8, 4) is 5.69 Å². The van der Waals surface area contributed by atoms with Crippen molar-refractivity contribution >= 4 is 5.91 Å². The fourth-order valence-corrected chi connectivity index (χ4v) is 3.90. The third kappa shape index (κ3) is 2.60. The number of hydrogen-bond acceptors (Lipinski definition) is 2. The molecule has 0 unspecified atom stereocenters. The summed E-state index contributed by atoms with van der Waals surface area (Å²) in [6.07, 6.45) is 4.43. The fourth-order valence-electron chi connectivity index (χ4n) is 3.90. The lowest BCUT2D eigenvalue weighted by atomic mass is 9.83. The third-order valence-corrected chi connectivity index (χ3v) is 5.18. The van der Waals surface area contributed by atoms with Crippen LogP contribution < -0.4 is 5.56 Å². The van der Waals surface area contributed by atoms with Gasteiger partial charge >= 0.3 is 0 Å². The van der Waals surface area contributed by atoms with Gasteiger partial charge in [0.05, 0.1) is 5.69 Å². The number of amides is 1. The molecule has 0 saturated carbocycles. The number of carbonyl (C=O) groups excluding carboxylic acids is 1. The van der Waals surface area contributed by atoms with E-state index in [1.165, 1.54) is 16.3 Å². The molecule has 1 fully saturated rings. The number of likely N-dealkylation sites (tertiary alicyclic amines) is 1. The molecular formula is C19H21N3O2. The van der Waals surface area contributed by atoms with Gasteiger partial charge in [-0.3, -0.25) is 14.7 Å². The summed E-state index contributed by atoms with van der Waals surface area (Å²) in [4.78, 5) is 26.9. The number of aromatic amines is 1. The van der Waals surface area contributed by atoms with E-state index in [9.17, 15) is 9.59 Å². The molecule has 1 aliphatic heterocycles. The van der Waals surface area contributed by atoms with Crippen LogP contribution in [0.25, 0.3) is 5.69 Å². The summed E-state index contributed by atoms with van der Waals surface area (Å²) in [5.41, 5.74) is 2.32. The smallest absolute Gasteiger partial charge is 0.271 e. The van der Waals surface area contributed by atoms with Crippen molar-refractivity contribution in [1.29, 1.82) is 0 Å². The summed E-state index contributed by atoms with van der Waals surface area (Å²) >= 11 is 0. The number of H-pyrrole nitrogens is 1. The van der Waals surface area contributed by atoms with E-state index in [-0.39, 0.29) is 11.5 Å². The number of fused-ring (bicyclic) bond motifs is 1. The number of carbonyl (C=O) groups is 1. The van der Waals surface area contributed by atoms with Gasteiger partial charge in [-0.25, -0.2) is 4.68 Å². The zero-order chi connectivity index (χ0) is 16.7. The van der Waals surface area contributed by atoms with Crippen LogP contribution in [0, 0.1) is 11.8 Å². The Hall–Kier alpha value is -2.56. The molecule has 1 aliphatic carbocycles. The first-order chi connectivity index (χ1) is 11.6.